The Morgan fingerprint density at radius 3 is 2.91 bits per heavy atom. The van der Waals surface area contributed by atoms with E-state index in [2.05, 4.69) is 49.8 Å². The number of hydrogen-bond acceptors (Lipinski definition) is 3. The number of nitrogens with one attached hydrogen (secondary N) is 2. The van der Waals surface area contributed by atoms with Crippen LogP contribution in [0.15, 0.2) is 30.5 Å². The second kappa shape index (κ2) is 5.95. The van der Waals surface area contributed by atoms with Gasteiger partial charge in [0.25, 0.3) is 0 Å². The molecule has 6 heteroatoms. The molecule has 1 fully saturated rings. The maximum atomic E-state index is 12.4. The zero-order chi connectivity index (χ0) is 15.7. The number of likely N-dealkylation sites (N-methyl/N-ethyl adjacent to an activating group) is 1. The Morgan fingerprint density at radius 2 is 2.18 bits per heavy atom. The zero-order valence-corrected chi connectivity index (χ0v) is 14.0. The molecular weight excluding hydrogens is 296 g/mol. The third-order valence-corrected chi connectivity index (χ3v) is 5.75. The van der Waals surface area contributed by atoms with Gasteiger partial charge in [0.2, 0.25) is 0 Å². The summed E-state index contributed by atoms with van der Waals surface area (Å²) in [7, 11) is -0.239. The number of aromatic nitrogens is 1. The largest absolute Gasteiger partial charge is 0.367 e. The average molecular weight is 320 g/mol. The van der Waals surface area contributed by atoms with Gasteiger partial charge < -0.3 is 15.2 Å². The fourth-order valence-electron chi connectivity index (χ4n) is 3.29. The van der Waals surface area contributed by atoms with Gasteiger partial charge in [-0.15, -0.1) is 0 Å². The highest BCUT2D eigenvalue weighted by Gasteiger charge is 2.30. The third-order valence-electron chi connectivity index (χ3n) is 4.27. The first kappa shape index (κ1) is 15.4. The van der Waals surface area contributed by atoms with Gasteiger partial charge in [-0.3, -0.25) is 4.21 Å². The molecule has 0 saturated carbocycles. The second-order valence-electron chi connectivity index (χ2n) is 5.98. The van der Waals surface area contributed by atoms with E-state index in [1.807, 2.05) is 13.1 Å². The molecule has 2 N–H and O–H groups in total. The molecule has 2 atom stereocenters. The Balaban J connectivity index is 1.88. The number of nitrogens with zero attached hydrogens (tertiary/aromatic N) is 2. The van der Waals surface area contributed by atoms with Gasteiger partial charge in [0.15, 0.2) is 0 Å². The lowest BCUT2D eigenvalue weighted by molar-refractivity contribution is 0.299. The molecule has 3 rings (SSSR count). The van der Waals surface area contributed by atoms with Crippen molar-refractivity contribution in [1.82, 2.24) is 14.6 Å². The zero-order valence-electron chi connectivity index (χ0n) is 13.2. The van der Waals surface area contributed by atoms with Crippen LogP contribution in [-0.2, 0) is 9.71 Å². The first-order valence-electron chi connectivity index (χ1n) is 7.55. The standard InChI is InChI=1S/C16H24N4OS/c1-17-10-13-12-19(8-9-20(13)22(2,3)21)16-11-18-15-7-5-4-6-14(15)16/h4-7,11,13,17-18H,2,8-10,12H2,1,3H3. The molecular formula is C16H24N4OS. The first-order valence-corrected chi connectivity index (χ1v) is 9.64. The van der Waals surface area contributed by atoms with E-state index in [4.69, 9.17) is 0 Å². The van der Waals surface area contributed by atoms with Crippen molar-refractivity contribution in [1.29, 1.82) is 0 Å². The number of anilines is 1. The lowest BCUT2D eigenvalue weighted by Crippen LogP contribution is -2.57. The Morgan fingerprint density at radius 1 is 1.41 bits per heavy atom. The van der Waals surface area contributed by atoms with Gasteiger partial charge in [-0.05, 0) is 19.0 Å². The highest BCUT2D eigenvalue weighted by Crippen LogP contribution is 2.28. The van der Waals surface area contributed by atoms with Gasteiger partial charge in [0, 0.05) is 59.2 Å². The smallest absolute Gasteiger partial charge is 0.0624 e. The minimum Gasteiger partial charge on any atom is -0.367 e. The molecule has 1 saturated heterocycles. The number of aromatic amines is 1. The van der Waals surface area contributed by atoms with E-state index < -0.39 is 9.71 Å². The van der Waals surface area contributed by atoms with Gasteiger partial charge in [-0.2, -0.15) is 0 Å². The summed E-state index contributed by atoms with van der Waals surface area (Å²) < 4.78 is 14.4. The lowest BCUT2D eigenvalue weighted by atomic mass is 10.1. The van der Waals surface area contributed by atoms with Crippen LogP contribution in [0.1, 0.15) is 0 Å². The summed E-state index contributed by atoms with van der Waals surface area (Å²) in [6.07, 6.45) is 3.81. The quantitative estimate of drug-likeness (QED) is 0.831. The topological polar surface area (TPSA) is 51.4 Å². The third kappa shape index (κ3) is 2.86. The maximum Gasteiger partial charge on any atom is 0.0624 e. The normalized spacial score (nSPS) is 22.8. The molecule has 2 heterocycles. The summed E-state index contributed by atoms with van der Waals surface area (Å²) >= 11 is 0. The van der Waals surface area contributed by atoms with Crippen molar-refractivity contribution in [2.75, 3.05) is 44.4 Å². The van der Waals surface area contributed by atoms with Crippen LogP contribution in [0, 0.1) is 0 Å². The number of H-pyrrole nitrogens is 1. The van der Waals surface area contributed by atoms with Crippen LogP contribution in [0.3, 0.4) is 0 Å². The summed E-state index contributed by atoms with van der Waals surface area (Å²) in [5.41, 5.74) is 2.38. The molecule has 1 aromatic carbocycles. The highest BCUT2D eigenvalue weighted by molar-refractivity contribution is 7.97. The predicted octanol–water partition coefficient (Wildman–Crippen LogP) is 1.14. The number of rotatable bonds is 4. The van der Waals surface area contributed by atoms with E-state index in [1.165, 1.54) is 11.1 Å². The lowest BCUT2D eigenvalue weighted by Gasteiger charge is -2.42. The average Bonchev–Trinajstić information content (AvgIpc) is 2.90. The van der Waals surface area contributed by atoms with Crippen molar-refractivity contribution in [3.63, 3.8) is 0 Å². The Labute approximate surface area is 132 Å². The van der Waals surface area contributed by atoms with E-state index in [0.717, 1.165) is 31.7 Å². The Kier molecular flexibility index (Phi) is 4.16. The van der Waals surface area contributed by atoms with Gasteiger partial charge in [-0.25, -0.2) is 4.31 Å². The molecule has 0 aliphatic carbocycles. The molecule has 22 heavy (non-hydrogen) atoms. The molecule has 0 spiro atoms. The Bertz CT molecular complexity index is 752. The summed E-state index contributed by atoms with van der Waals surface area (Å²) in [4.78, 5) is 5.71. The summed E-state index contributed by atoms with van der Waals surface area (Å²) in [5.74, 6) is 3.87. The summed E-state index contributed by atoms with van der Waals surface area (Å²) in [5, 5.41) is 4.45. The SMILES string of the molecule is C=S(C)(=O)N1CCN(c2c[nH]c3ccccc23)CC1CNC. The van der Waals surface area contributed by atoms with Crippen LogP contribution in [-0.4, -0.2) is 64.9 Å². The molecule has 1 aromatic heterocycles. The van der Waals surface area contributed by atoms with Crippen LogP contribution >= 0.6 is 0 Å². The summed E-state index contributed by atoms with van der Waals surface area (Å²) in [6, 6.07) is 8.54. The second-order valence-corrected chi connectivity index (χ2v) is 8.36. The highest BCUT2D eigenvalue weighted by atomic mass is 32.2. The van der Waals surface area contributed by atoms with Crippen molar-refractivity contribution in [2.45, 2.75) is 6.04 Å². The van der Waals surface area contributed by atoms with Crippen LogP contribution in [0.2, 0.25) is 0 Å². The molecule has 1 aliphatic heterocycles. The van der Waals surface area contributed by atoms with Crippen LogP contribution < -0.4 is 10.2 Å². The number of fused-ring (bicyclic) bond motifs is 1. The molecule has 0 radical (unpaired) electrons. The Hall–Kier alpha value is -1.50. The molecule has 5 nitrogen and oxygen atoms in total. The predicted molar refractivity (Wildman–Crippen MR) is 96.1 cm³/mol. The van der Waals surface area contributed by atoms with Crippen molar-refractivity contribution in [3.8, 4) is 0 Å². The van der Waals surface area contributed by atoms with E-state index >= 15 is 0 Å². The van der Waals surface area contributed by atoms with Gasteiger partial charge in [0.1, 0.15) is 0 Å². The van der Waals surface area contributed by atoms with Crippen molar-refractivity contribution in [3.05, 3.63) is 30.5 Å². The van der Waals surface area contributed by atoms with Crippen molar-refractivity contribution in [2.24, 2.45) is 0 Å². The van der Waals surface area contributed by atoms with E-state index in [9.17, 15) is 4.21 Å². The first-order chi connectivity index (χ1) is 10.5. The van der Waals surface area contributed by atoms with Crippen LogP contribution in [0.25, 0.3) is 10.9 Å². The summed E-state index contributed by atoms with van der Waals surface area (Å²) in [6.45, 7) is 3.29. The molecule has 0 bridgehead atoms. The molecule has 2 unspecified atom stereocenters. The monoisotopic (exact) mass is 320 g/mol. The fourth-order valence-corrected chi connectivity index (χ4v) is 4.53. The molecule has 0 amide bonds. The molecule has 120 valence electrons. The van der Waals surface area contributed by atoms with E-state index in [1.54, 1.807) is 6.26 Å². The minimum atomic E-state index is -2.17. The van der Waals surface area contributed by atoms with Crippen molar-refractivity contribution < 1.29 is 4.21 Å². The van der Waals surface area contributed by atoms with Gasteiger partial charge in [0.05, 0.1) is 11.7 Å². The fraction of sp³-hybridized carbons (Fsp3) is 0.438. The number of para-hydroxylation sites is 1. The number of hydrogen-bond donors (Lipinski definition) is 2. The minimum absolute atomic E-state index is 0.197. The number of benzene rings is 1. The molecule has 1 aliphatic rings. The van der Waals surface area contributed by atoms with Crippen molar-refractivity contribution >= 4 is 32.2 Å². The van der Waals surface area contributed by atoms with Crippen LogP contribution in [0.4, 0.5) is 5.69 Å². The van der Waals surface area contributed by atoms with Gasteiger partial charge >= 0.3 is 0 Å². The van der Waals surface area contributed by atoms with E-state index in [0.29, 0.717) is 0 Å². The number of piperazine rings is 1. The van der Waals surface area contributed by atoms with Crippen LogP contribution in [0.5, 0.6) is 0 Å². The maximum absolute atomic E-state index is 12.4. The van der Waals surface area contributed by atoms with Gasteiger partial charge in [-0.1, -0.05) is 18.2 Å². The molecule has 2 aromatic rings. The van der Waals surface area contributed by atoms with E-state index in [-0.39, 0.29) is 6.04 Å².